The van der Waals surface area contributed by atoms with Crippen LogP contribution in [0, 0.1) is 0 Å². The third-order valence-electron chi connectivity index (χ3n) is 5.98. The molecule has 2 aliphatic heterocycles. The topological polar surface area (TPSA) is 74.8 Å². The van der Waals surface area contributed by atoms with Crippen LogP contribution in [0.3, 0.4) is 0 Å². The summed E-state index contributed by atoms with van der Waals surface area (Å²) in [5.74, 6) is -1.67. The van der Waals surface area contributed by atoms with E-state index in [2.05, 4.69) is 6.92 Å². The monoisotopic (exact) mass is 412 g/mol. The summed E-state index contributed by atoms with van der Waals surface area (Å²) in [5, 5.41) is 0.804. The van der Waals surface area contributed by atoms with Gasteiger partial charge in [0.15, 0.2) is 0 Å². The fraction of sp³-hybridized carbons (Fsp3) is 0.200. The first-order valence-corrected chi connectivity index (χ1v) is 10.4. The predicted octanol–water partition coefficient (Wildman–Crippen LogP) is 4.43. The van der Waals surface area contributed by atoms with Gasteiger partial charge in [0, 0.05) is 39.6 Å². The van der Waals surface area contributed by atoms with Gasteiger partial charge in [0.05, 0.1) is 5.69 Å². The number of hydrogen-bond donors (Lipinski definition) is 0. The van der Waals surface area contributed by atoms with Gasteiger partial charge in [-0.15, -0.1) is 0 Å². The maximum atomic E-state index is 13.3. The molecule has 2 heterocycles. The van der Waals surface area contributed by atoms with E-state index in [1.165, 1.54) is 4.90 Å². The van der Waals surface area contributed by atoms with Gasteiger partial charge < -0.3 is 0 Å². The molecule has 6 heteroatoms. The Kier molecular flexibility index (Phi) is 4.43. The number of carbonyl (C=O) groups excluding carboxylic acids is 4. The van der Waals surface area contributed by atoms with Gasteiger partial charge in [-0.05, 0) is 42.8 Å². The average molecular weight is 412 g/mol. The van der Waals surface area contributed by atoms with Gasteiger partial charge >= 0.3 is 0 Å². The molecule has 6 nitrogen and oxygen atoms in total. The SMILES string of the molecule is CCCCCN1C(=O)c2ccc3c4c(ccc(c24)C1=O)C(=O)N(c1ccccc1)C3=O. The van der Waals surface area contributed by atoms with Gasteiger partial charge in [-0.1, -0.05) is 38.0 Å². The minimum Gasteiger partial charge on any atom is -0.274 e. The van der Waals surface area contributed by atoms with Crippen molar-refractivity contribution in [2.45, 2.75) is 26.2 Å². The maximum absolute atomic E-state index is 13.3. The van der Waals surface area contributed by atoms with Gasteiger partial charge in [-0.25, -0.2) is 4.90 Å². The fourth-order valence-corrected chi connectivity index (χ4v) is 4.46. The highest BCUT2D eigenvalue weighted by molar-refractivity contribution is 6.39. The molecule has 3 aromatic rings. The Morgan fingerprint density at radius 1 is 0.613 bits per heavy atom. The molecule has 0 unspecified atom stereocenters. The van der Waals surface area contributed by atoms with Crippen LogP contribution in [-0.2, 0) is 0 Å². The van der Waals surface area contributed by atoms with Crippen LogP contribution >= 0.6 is 0 Å². The minimum atomic E-state index is -0.460. The van der Waals surface area contributed by atoms with E-state index in [1.807, 2.05) is 6.07 Å². The van der Waals surface area contributed by atoms with Crippen molar-refractivity contribution in [3.8, 4) is 0 Å². The molecule has 0 bridgehead atoms. The third kappa shape index (κ3) is 2.71. The van der Waals surface area contributed by atoms with Crippen molar-refractivity contribution in [2.75, 3.05) is 11.4 Å². The molecule has 2 aliphatic rings. The van der Waals surface area contributed by atoms with Crippen molar-refractivity contribution < 1.29 is 19.2 Å². The third-order valence-corrected chi connectivity index (χ3v) is 5.98. The van der Waals surface area contributed by atoms with Crippen molar-refractivity contribution in [2.24, 2.45) is 0 Å². The van der Waals surface area contributed by atoms with Crippen LogP contribution in [0.25, 0.3) is 10.8 Å². The number of unbranched alkanes of at least 4 members (excludes halogenated alkanes) is 2. The van der Waals surface area contributed by atoms with E-state index < -0.39 is 11.8 Å². The number of amides is 4. The van der Waals surface area contributed by atoms with Crippen LogP contribution in [0.4, 0.5) is 5.69 Å². The smallest absolute Gasteiger partial charge is 0.265 e. The second-order valence-corrected chi connectivity index (χ2v) is 7.82. The van der Waals surface area contributed by atoms with Crippen molar-refractivity contribution >= 4 is 40.1 Å². The lowest BCUT2D eigenvalue weighted by Crippen LogP contribution is -2.43. The first-order valence-electron chi connectivity index (χ1n) is 10.4. The number of anilines is 1. The standard InChI is InChI=1S/C25H20N2O4/c1-2-3-7-14-26-22(28)16-10-12-18-21-19(13-11-17(20(16)21)23(26)29)25(31)27(24(18)30)15-8-5-4-6-9-15/h4-6,8-13H,2-3,7,14H2,1H3. The zero-order valence-electron chi connectivity index (χ0n) is 17.1. The van der Waals surface area contributed by atoms with Crippen LogP contribution in [0.5, 0.6) is 0 Å². The van der Waals surface area contributed by atoms with Gasteiger partial charge in [0.1, 0.15) is 0 Å². The van der Waals surface area contributed by atoms with Crippen molar-refractivity contribution in [1.82, 2.24) is 4.90 Å². The summed E-state index contributed by atoms with van der Waals surface area (Å²) >= 11 is 0. The van der Waals surface area contributed by atoms with E-state index in [9.17, 15) is 19.2 Å². The van der Waals surface area contributed by atoms with Gasteiger partial charge in [0.2, 0.25) is 0 Å². The number of hydrogen-bond acceptors (Lipinski definition) is 4. The first kappa shape index (κ1) is 19.2. The van der Waals surface area contributed by atoms with Gasteiger partial charge in [-0.2, -0.15) is 0 Å². The zero-order valence-corrected chi connectivity index (χ0v) is 17.1. The summed E-state index contributed by atoms with van der Waals surface area (Å²) in [7, 11) is 0. The van der Waals surface area contributed by atoms with E-state index in [0.29, 0.717) is 45.3 Å². The highest BCUT2D eigenvalue weighted by Crippen LogP contribution is 2.39. The van der Waals surface area contributed by atoms with E-state index >= 15 is 0 Å². The lowest BCUT2D eigenvalue weighted by Gasteiger charge is -2.32. The largest absolute Gasteiger partial charge is 0.274 e. The average Bonchev–Trinajstić information content (AvgIpc) is 2.79. The summed E-state index contributed by atoms with van der Waals surface area (Å²) in [6.07, 6.45) is 2.65. The molecule has 0 fully saturated rings. The summed E-state index contributed by atoms with van der Waals surface area (Å²) < 4.78 is 0. The quantitative estimate of drug-likeness (QED) is 0.459. The number of carbonyl (C=O) groups is 4. The second-order valence-electron chi connectivity index (χ2n) is 7.82. The molecule has 0 saturated carbocycles. The molecule has 0 N–H and O–H groups in total. The number of rotatable bonds is 5. The van der Waals surface area contributed by atoms with Gasteiger partial charge in [0.25, 0.3) is 23.6 Å². The van der Waals surface area contributed by atoms with Crippen LogP contribution in [0.1, 0.15) is 67.6 Å². The normalized spacial score (nSPS) is 15.3. The number of benzene rings is 3. The zero-order chi connectivity index (χ0) is 21.7. The number of nitrogens with zero attached hydrogens (tertiary/aromatic N) is 2. The molecule has 5 rings (SSSR count). The van der Waals surface area contributed by atoms with Crippen molar-refractivity contribution in [1.29, 1.82) is 0 Å². The Labute approximate surface area is 179 Å². The van der Waals surface area contributed by atoms with Crippen LogP contribution in [0.15, 0.2) is 54.6 Å². The molecule has 0 aromatic heterocycles. The molecular weight excluding hydrogens is 392 g/mol. The molecule has 0 spiro atoms. The summed E-state index contributed by atoms with van der Waals surface area (Å²) in [6.45, 7) is 2.42. The number of para-hydroxylation sites is 1. The van der Waals surface area contributed by atoms with Crippen molar-refractivity contribution in [3.05, 3.63) is 76.9 Å². The number of imide groups is 2. The lowest BCUT2D eigenvalue weighted by molar-refractivity contribution is 0.0606. The molecular formula is C25H20N2O4. The fourth-order valence-electron chi connectivity index (χ4n) is 4.46. The molecule has 0 atom stereocenters. The van der Waals surface area contributed by atoms with Crippen LogP contribution in [-0.4, -0.2) is 35.1 Å². The summed E-state index contributed by atoms with van der Waals surface area (Å²) in [5.41, 5.74) is 1.84. The molecule has 3 aromatic carbocycles. The van der Waals surface area contributed by atoms with Crippen LogP contribution in [0.2, 0.25) is 0 Å². The Morgan fingerprint density at radius 2 is 1.10 bits per heavy atom. The Hall–Kier alpha value is -3.80. The van der Waals surface area contributed by atoms with Crippen LogP contribution < -0.4 is 4.90 Å². The van der Waals surface area contributed by atoms with Crippen molar-refractivity contribution in [3.63, 3.8) is 0 Å². The van der Waals surface area contributed by atoms with E-state index in [-0.39, 0.29) is 11.8 Å². The van der Waals surface area contributed by atoms with Gasteiger partial charge in [-0.3, -0.25) is 24.1 Å². The molecule has 31 heavy (non-hydrogen) atoms. The molecule has 0 radical (unpaired) electrons. The Morgan fingerprint density at radius 3 is 1.58 bits per heavy atom. The minimum absolute atomic E-state index is 0.319. The molecule has 0 saturated heterocycles. The second kappa shape index (κ2) is 7.16. The van der Waals surface area contributed by atoms with E-state index in [1.54, 1.807) is 48.5 Å². The predicted molar refractivity (Wildman–Crippen MR) is 116 cm³/mol. The first-order chi connectivity index (χ1) is 15.0. The molecule has 4 amide bonds. The Balaban J connectivity index is 1.68. The molecule has 0 aliphatic carbocycles. The molecule has 154 valence electrons. The summed E-state index contributed by atoms with van der Waals surface area (Å²) in [6, 6.07) is 15.1. The lowest BCUT2D eigenvalue weighted by atomic mass is 9.85. The maximum Gasteiger partial charge on any atom is 0.265 e. The highest BCUT2D eigenvalue weighted by atomic mass is 16.2. The Bertz CT molecular complexity index is 1210. The summed E-state index contributed by atoms with van der Waals surface area (Å²) in [4.78, 5) is 55.2. The highest BCUT2D eigenvalue weighted by Gasteiger charge is 2.39. The van der Waals surface area contributed by atoms with E-state index in [0.717, 1.165) is 24.2 Å². The van der Waals surface area contributed by atoms with E-state index in [4.69, 9.17) is 0 Å².